The van der Waals surface area contributed by atoms with Crippen LogP contribution >= 0.6 is 0 Å². The molecule has 3 nitrogen and oxygen atoms in total. The predicted octanol–water partition coefficient (Wildman–Crippen LogP) is 1.86. The molecule has 0 unspecified atom stereocenters. The van der Waals surface area contributed by atoms with Crippen molar-refractivity contribution in [3.63, 3.8) is 0 Å². The summed E-state index contributed by atoms with van der Waals surface area (Å²) in [7, 11) is 2.01. The summed E-state index contributed by atoms with van der Waals surface area (Å²) < 4.78 is 5.04. The van der Waals surface area contributed by atoms with Crippen LogP contribution in [0.15, 0.2) is 18.2 Å². The molecule has 1 aliphatic rings. The number of ether oxygens (including phenoxy) is 1. The van der Waals surface area contributed by atoms with Crippen LogP contribution in [0.3, 0.4) is 0 Å². The van der Waals surface area contributed by atoms with Crippen molar-refractivity contribution in [1.82, 2.24) is 0 Å². The minimum Gasteiger partial charge on any atom is -0.462 e. The number of fused-ring (bicyclic) bond motifs is 1. The van der Waals surface area contributed by atoms with Gasteiger partial charge in [-0.2, -0.15) is 0 Å². The van der Waals surface area contributed by atoms with Gasteiger partial charge in [-0.25, -0.2) is 4.79 Å². The van der Waals surface area contributed by atoms with E-state index >= 15 is 0 Å². The van der Waals surface area contributed by atoms with Gasteiger partial charge in [-0.05, 0) is 25.0 Å². The Balaban J connectivity index is 2.40. The Hall–Kier alpha value is -1.51. The first-order valence-electron chi connectivity index (χ1n) is 5.24. The Morgan fingerprint density at radius 1 is 1.53 bits per heavy atom. The molecule has 0 spiro atoms. The largest absolute Gasteiger partial charge is 0.462 e. The molecule has 0 fully saturated rings. The van der Waals surface area contributed by atoms with Crippen molar-refractivity contribution >= 4 is 11.7 Å². The summed E-state index contributed by atoms with van der Waals surface area (Å²) >= 11 is 0. The summed E-state index contributed by atoms with van der Waals surface area (Å²) in [6.07, 6.45) is 1.01. The SMILES string of the molecule is CCOC(=O)c1cccc2c1N(C)CC2. The van der Waals surface area contributed by atoms with Gasteiger partial charge in [0.05, 0.1) is 17.9 Å². The van der Waals surface area contributed by atoms with Crippen LogP contribution in [0, 0.1) is 0 Å². The molecule has 0 amide bonds. The van der Waals surface area contributed by atoms with Gasteiger partial charge in [0.15, 0.2) is 0 Å². The lowest BCUT2D eigenvalue weighted by molar-refractivity contribution is 0.0527. The standard InChI is InChI=1S/C12H15NO2/c1-3-15-12(14)10-6-4-5-9-7-8-13(2)11(9)10/h4-6H,3,7-8H2,1-2H3. The number of rotatable bonds is 2. The van der Waals surface area contributed by atoms with Gasteiger partial charge in [0.2, 0.25) is 0 Å². The number of nitrogens with zero attached hydrogens (tertiary/aromatic N) is 1. The summed E-state index contributed by atoms with van der Waals surface area (Å²) in [6, 6.07) is 5.82. The number of benzene rings is 1. The van der Waals surface area contributed by atoms with Crippen LogP contribution in [0.4, 0.5) is 5.69 Å². The minimum absolute atomic E-state index is 0.219. The van der Waals surface area contributed by atoms with Crippen LogP contribution in [-0.4, -0.2) is 26.2 Å². The van der Waals surface area contributed by atoms with Crippen molar-refractivity contribution < 1.29 is 9.53 Å². The third kappa shape index (κ3) is 1.69. The molecule has 0 saturated heterocycles. The van der Waals surface area contributed by atoms with E-state index in [9.17, 15) is 4.79 Å². The molecule has 0 N–H and O–H groups in total. The monoisotopic (exact) mass is 205 g/mol. The van der Waals surface area contributed by atoms with E-state index in [4.69, 9.17) is 4.74 Å². The third-order valence-corrected chi connectivity index (χ3v) is 2.71. The number of hydrogen-bond acceptors (Lipinski definition) is 3. The summed E-state index contributed by atoms with van der Waals surface area (Å²) in [5.41, 5.74) is 2.97. The van der Waals surface area contributed by atoms with Gasteiger partial charge in [-0.15, -0.1) is 0 Å². The van der Waals surface area contributed by atoms with Gasteiger partial charge in [0, 0.05) is 13.6 Å². The van der Waals surface area contributed by atoms with Gasteiger partial charge in [-0.1, -0.05) is 12.1 Å². The molecule has 1 heterocycles. The lowest BCUT2D eigenvalue weighted by Gasteiger charge is -2.15. The predicted molar refractivity (Wildman–Crippen MR) is 59.4 cm³/mol. The molecule has 0 saturated carbocycles. The Bertz CT molecular complexity index is 387. The lowest BCUT2D eigenvalue weighted by atomic mass is 10.1. The van der Waals surface area contributed by atoms with E-state index in [0.29, 0.717) is 12.2 Å². The molecule has 3 heteroatoms. The highest BCUT2D eigenvalue weighted by Gasteiger charge is 2.22. The maximum atomic E-state index is 11.7. The summed E-state index contributed by atoms with van der Waals surface area (Å²) in [5.74, 6) is -0.219. The van der Waals surface area contributed by atoms with E-state index < -0.39 is 0 Å². The molecule has 0 bridgehead atoms. The van der Waals surface area contributed by atoms with E-state index in [0.717, 1.165) is 18.7 Å². The highest BCUT2D eigenvalue weighted by molar-refractivity contribution is 5.97. The van der Waals surface area contributed by atoms with E-state index in [1.54, 1.807) is 0 Å². The zero-order valence-corrected chi connectivity index (χ0v) is 9.12. The minimum atomic E-state index is -0.219. The molecule has 80 valence electrons. The maximum absolute atomic E-state index is 11.7. The molecule has 0 atom stereocenters. The van der Waals surface area contributed by atoms with Crippen molar-refractivity contribution in [2.45, 2.75) is 13.3 Å². The molecule has 2 rings (SSSR count). The zero-order valence-electron chi connectivity index (χ0n) is 9.12. The van der Waals surface area contributed by atoms with Crippen LogP contribution in [0.2, 0.25) is 0 Å². The topological polar surface area (TPSA) is 29.5 Å². The fraction of sp³-hybridized carbons (Fsp3) is 0.417. The van der Waals surface area contributed by atoms with E-state index in [1.165, 1.54) is 5.56 Å². The molecule has 0 aliphatic carbocycles. The molecular weight excluding hydrogens is 190 g/mol. The molecule has 0 aromatic heterocycles. The Labute approximate surface area is 89.7 Å². The van der Waals surface area contributed by atoms with Crippen LogP contribution < -0.4 is 4.90 Å². The van der Waals surface area contributed by atoms with Crippen LogP contribution in [0.5, 0.6) is 0 Å². The molecular formula is C12H15NO2. The number of hydrogen-bond donors (Lipinski definition) is 0. The van der Waals surface area contributed by atoms with Crippen LogP contribution in [-0.2, 0) is 11.2 Å². The smallest absolute Gasteiger partial charge is 0.340 e. The molecule has 0 radical (unpaired) electrons. The highest BCUT2D eigenvalue weighted by Crippen LogP contribution is 2.30. The summed E-state index contributed by atoms with van der Waals surface area (Å²) in [6.45, 7) is 3.22. The number of carbonyl (C=O) groups excluding carboxylic acids is 1. The van der Waals surface area contributed by atoms with Crippen molar-refractivity contribution in [3.8, 4) is 0 Å². The van der Waals surface area contributed by atoms with E-state index in [1.807, 2.05) is 26.1 Å². The van der Waals surface area contributed by atoms with Crippen molar-refractivity contribution in [1.29, 1.82) is 0 Å². The van der Waals surface area contributed by atoms with Gasteiger partial charge in [-0.3, -0.25) is 0 Å². The van der Waals surface area contributed by atoms with E-state index in [2.05, 4.69) is 11.0 Å². The van der Waals surface area contributed by atoms with Gasteiger partial charge in [0.25, 0.3) is 0 Å². The zero-order chi connectivity index (χ0) is 10.8. The maximum Gasteiger partial charge on any atom is 0.340 e. The van der Waals surface area contributed by atoms with Crippen molar-refractivity contribution in [2.24, 2.45) is 0 Å². The Morgan fingerprint density at radius 3 is 3.07 bits per heavy atom. The Kier molecular flexibility index (Phi) is 2.62. The Morgan fingerprint density at radius 2 is 2.33 bits per heavy atom. The lowest BCUT2D eigenvalue weighted by Crippen LogP contribution is -2.16. The second-order valence-corrected chi connectivity index (χ2v) is 3.71. The second-order valence-electron chi connectivity index (χ2n) is 3.71. The normalized spacial score (nSPS) is 13.9. The number of likely N-dealkylation sites (N-methyl/N-ethyl adjacent to an activating group) is 1. The fourth-order valence-electron chi connectivity index (χ4n) is 2.02. The average Bonchev–Trinajstić information content (AvgIpc) is 2.61. The summed E-state index contributed by atoms with van der Waals surface area (Å²) in [4.78, 5) is 13.8. The average molecular weight is 205 g/mol. The second kappa shape index (κ2) is 3.93. The number of para-hydroxylation sites is 1. The van der Waals surface area contributed by atoms with Gasteiger partial charge in [0.1, 0.15) is 0 Å². The van der Waals surface area contributed by atoms with E-state index in [-0.39, 0.29) is 5.97 Å². The van der Waals surface area contributed by atoms with Crippen molar-refractivity contribution in [3.05, 3.63) is 29.3 Å². The number of carbonyl (C=O) groups is 1. The molecule has 1 aromatic rings. The number of esters is 1. The first-order valence-corrected chi connectivity index (χ1v) is 5.24. The van der Waals surface area contributed by atoms with Crippen molar-refractivity contribution in [2.75, 3.05) is 25.1 Å². The quantitative estimate of drug-likeness (QED) is 0.690. The third-order valence-electron chi connectivity index (χ3n) is 2.71. The van der Waals surface area contributed by atoms with Gasteiger partial charge >= 0.3 is 5.97 Å². The molecule has 15 heavy (non-hydrogen) atoms. The summed E-state index contributed by atoms with van der Waals surface area (Å²) in [5, 5.41) is 0. The van der Waals surface area contributed by atoms with Gasteiger partial charge < -0.3 is 9.64 Å². The molecule has 1 aromatic carbocycles. The first kappa shape index (κ1) is 10.0. The fourth-order valence-corrected chi connectivity index (χ4v) is 2.02. The first-order chi connectivity index (χ1) is 7.24. The van der Waals surface area contributed by atoms with Crippen LogP contribution in [0.25, 0.3) is 0 Å². The number of anilines is 1. The highest BCUT2D eigenvalue weighted by atomic mass is 16.5. The molecule has 1 aliphatic heterocycles. The van der Waals surface area contributed by atoms with Crippen LogP contribution in [0.1, 0.15) is 22.8 Å².